The summed E-state index contributed by atoms with van der Waals surface area (Å²) in [7, 11) is 0. The van der Waals surface area contributed by atoms with Crippen molar-refractivity contribution in [2.75, 3.05) is 5.32 Å². The van der Waals surface area contributed by atoms with E-state index in [0.717, 1.165) is 12.1 Å². The molecule has 0 bridgehead atoms. The van der Waals surface area contributed by atoms with Crippen LogP contribution in [0.1, 0.15) is 32.4 Å². The smallest absolute Gasteiger partial charge is 0.387 e. The number of benzene rings is 1. The molecule has 0 saturated heterocycles. The highest BCUT2D eigenvalue weighted by Gasteiger charge is 2.20. The molecule has 1 aromatic carbocycles. The second-order valence-corrected chi connectivity index (χ2v) is 6.04. The van der Waals surface area contributed by atoms with Gasteiger partial charge in [0.25, 0.3) is 0 Å². The first kappa shape index (κ1) is 17.6. The van der Waals surface area contributed by atoms with E-state index < -0.39 is 23.0 Å². The Kier molecular flexibility index (Phi) is 5.01. The predicted molar refractivity (Wildman–Crippen MR) is 82.3 cm³/mol. The first-order chi connectivity index (χ1) is 11.2. The Hall–Kier alpha value is -2.71. The standard InChI is InChI=1S/C15H17F2N3O4/c1-15(2,3)12-7-19-13(24-12)8-18-9-4-5-10(20(21)22)11(6-9)23-14(16)17/h4-7,14,18H,8H2,1-3H3. The number of nitrogens with zero attached hydrogens (tertiary/aromatic N) is 2. The largest absolute Gasteiger partial charge is 0.443 e. The van der Waals surface area contributed by atoms with E-state index in [2.05, 4.69) is 15.0 Å². The maximum absolute atomic E-state index is 12.4. The maximum Gasteiger partial charge on any atom is 0.387 e. The van der Waals surface area contributed by atoms with Gasteiger partial charge in [-0.2, -0.15) is 8.78 Å². The van der Waals surface area contributed by atoms with Gasteiger partial charge in [-0.25, -0.2) is 4.98 Å². The van der Waals surface area contributed by atoms with Crippen molar-refractivity contribution in [3.8, 4) is 5.75 Å². The number of halogens is 2. The minimum Gasteiger partial charge on any atom is -0.443 e. The summed E-state index contributed by atoms with van der Waals surface area (Å²) in [5.41, 5.74) is -0.351. The van der Waals surface area contributed by atoms with Crippen LogP contribution < -0.4 is 10.1 Å². The van der Waals surface area contributed by atoms with Gasteiger partial charge in [0.1, 0.15) is 5.76 Å². The summed E-state index contributed by atoms with van der Waals surface area (Å²) in [6, 6.07) is 3.62. The molecule has 0 unspecified atom stereocenters. The lowest BCUT2D eigenvalue weighted by Crippen LogP contribution is -2.09. The lowest BCUT2D eigenvalue weighted by Gasteiger charge is -2.13. The highest BCUT2D eigenvalue weighted by atomic mass is 19.3. The Morgan fingerprint density at radius 1 is 1.42 bits per heavy atom. The van der Waals surface area contributed by atoms with Crippen LogP contribution in [-0.2, 0) is 12.0 Å². The van der Waals surface area contributed by atoms with Crippen LogP contribution in [0.5, 0.6) is 5.75 Å². The van der Waals surface area contributed by atoms with Crippen molar-refractivity contribution in [2.45, 2.75) is 39.3 Å². The molecule has 0 atom stereocenters. The molecule has 0 radical (unpaired) electrons. The van der Waals surface area contributed by atoms with Crippen LogP contribution in [0.15, 0.2) is 28.8 Å². The first-order valence-corrected chi connectivity index (χ1v) is 7.09. The number of aromatic nitrogens is 1. The van der Waals surface area contributed by atoms with Gasteiger partial charge < -0.3 is 14.5 Å². The minimum atomic E-state index is -3.15. The molecule has 130 valence electrons. The molecular weight excluding hydrogens is 324 g/mol. The number of nitro benzene ring substituents is 1. The van der Waals surface area contributed by atoms with Crippen molar-refractivity contribution in [3.63, 3.8) is 0 Å². The number of oxazole rings is 1. The van der Waals surface area contributed by atoms with E-state index in [9.17, 15) is 18.9 Å². The molecule has 9 heteroatoms. The van der Waals surface area contributed by atoms with E-state index in [1.54, 1.807) is 6.20 Å². The lowest BCUT2D eigenvalue weighted by atomic mass is 9.94. The molecule has 1 N–H and O–H groups in total. The van der Waals surface area contributed by atoms with Crippen LogP contribution in [-0.4, -0.2) is 16.5 Å². The SMILES string of the molecule is CC(C)(C)c1cnc(CNc2ccc([N+](=O)[O-])c(OC(F)F)c2)o1. The minimum absolute atomic E-state index is 0.184. The van der Waals surface area contributed by atoms with Crippen molar-refractivity contribution in [3.05, 3.63) is 46.2 Å². The topological polar surface area (TPSA) is 90.4 Å². The van der Waals surface area contributed by atoms with Gasteiger partial charge in [0.2, 0.25) is 11.6 Å². The average Bonchev–Trinajstić information content (AvgIpc) is 2.93. The lowest BCUT2D eigenvalue weighted by molar-refractivity contribution is -0.386. The Labute approximate surface area is 136 Å². The van der Waals surface area contributed by atoms with Gasteiger partial charge in [0, 0.05) is 23.2 Å². The summed E-state index contributed by atoms with van der Waals surface area (Å²) in [6.45, 7) is 2.99. The summed E-state index contributed by atoms with van der Waals surface area (Å²) in [5.74, 6) is 0.613. The van der Waals surface area contributed by atoms with E-state index in [1.165, 1.54) is 6.07 Å². The summed E-state index contributed by atoms with van der Waals surface area (Å²) in [6.07, 6.45) is 1.62. The van der Waals surface area contributed by atoms with Gasteiger partial charge in [-0.05, 0) is 6.07 Å². The van der Waals surface area contributed by atoms with Gasteiger partial charge >= 0.3 is 12.3 Å². The number of alkyl halides is 2. The Bertz CT molecular complexity index is 726. The van der Waals surface area contributed by atoms with Crippen LogP contribution in [0.2, 0.25) is 0 Å². The van der Waals surface area contributed by atoms with Crippen LogP contribution in [0, 0.1) is 10.1 Å². The third-order valence-electron chi connectivity index (χ3n) is 3.11. The van der Waals surface area contributed by atoms with Crippen molar-refractivity contribution in [1.82, 2.24) is 4.98 Å². The predicted octanol–water partition coefficient (Wildman–Crippen LogP) is 4.09. The summed E-state index contributed by atoms with van der Waals surface area (Å²) >= 11 is 0. The van der Waals surface area contributed by atoms with E-state index in [1.807, 2.05) is 20.8 Å². The van der Waals surface area contributed by atoms with Gasteiger partial charge in [-0.3, -0.25) is 10.1 Å². The quantitative estimate of drug-likeness (QED) is 0.628. The highest BCUT2D eigenvalue weighted by molar-refractivity contribution is 5.58. The molecule has 2 rings (SSSR count). The molecule has 0 spiro atoms. The van der Waals surface area contributed by atoms with Gasteiger partial charge in [-0.15, -0.1) is 0 Å². The Morgan fingerprint density at radius 3 is 2.67 bits per heavy atom. The van der Waals surface area contributed by atoms with Crippen molar-refractivity contribution < 1.29 is 22.9 Å². The number of hydrogen-bond acceptors (Lipinski definition) is 6. The fourth-order valence-electron chi connectivity index (χ4n) is 1.88. The molecule has 24 heavy (non-hydrogen) atoms. The number of nitro groups is 1. The van der Waals surface area contributed by atoms with Crippen LogP contribution in [0.4, 0.5) is 20.2 Å². The molecule has 0 amide bonds. The third kappa shape index (κ3) is 4.40. The monoisotopic (exact) mass is 341 g/mol. The molecule has 0 aliphatic heterocycles. The molecule has 0 saturated carbocycles. The molecule has 2 aromatic rings. The van der Waals surface area contributed by atoms with Gasteiger partial charge in [0.05, 0.1) is 17.7 Å². The summed E-state index contributed by atoms with van der Waals surface area (Å²) in [4.78, 5) is 14.2. The zero-order valence-corrected chi connectivity index (χ0v) is 13.4. The second-order valence-electron chi connectivity index (χ2n) is 6.04. The molecule has 7 nitrogen and oxygen atoms in total. The summed E-state index contributed by atoms with van der Waals surface area (Å²) < 4.78 is 34.5. The molecular formula is C15H17F2N3O4. The molecule has 0 fully saturated rings. The first-order valence-electron chi connectivity index (χ1n) is 7.09. The normalized spacial score (nSPS) is 11.6. The zero-order chi connectivity index (χ0) is 17.9. The van der Waals surface area contributed by atoms with E-state index in [4.69, 9.17) is 4.42 Å². The summed E-state index contributed by atoms with van der Waals surface area (Å²) in [5, 5.41) is 13.7. The third-order valence-corrected chi connectivity index (χ3v) is 3.11. The molecule has 1 aromatic heterocycles. The van der Waals surface area contributed by atoms with E-state index >= 15 is 0 Å². The number of ether oxygens (including phenoxy) is 1. The molecule has 1 heterocycles. The average molecular weight is 341 g/mol. The van der Waals surface area contributed by atoms with Crippen molar-refractivity contribution in [2.24, 2.45) is 0 Å². The zero-order valence-electron chi connectivity index (χ0n) is 13.4. The van der Waals surface area contributed by atoms with Gasteiger partial charge in [-0.1, -0.05) is 20.8 Å². The highest BCUT2D eigenvalue weighted by Crippen LogP contribution is 2.31. The number of nitrogens with one attached hydrogen (secondary N) is 1. The van der Waals surface area contributed by atoms with Crippen molar-refractivity contribution >= 4 is 11.4 Å². The van der Waals surface area contributed by atoms with Crippen molar-refractivity contribution in [1.29, 1.82) is 0 Å². The second kappa shape index (κ2) is 6.81. The van der Waals surface area contributed by atoms with Crippen LogP contribution >= 0.6 is 0 Å². The molecule has 0 aliphatic rings. The number of anilines is 1. The fourth-order valence-corrected chi connectivity index (χ4v) is 1.88. The van der Waals surface area contributed by atoms with Crippen LogP contribution in [0.3, 0.4) is 0 Å². The maximum atomic E-state index is 12.4. The van der Waals surface area contributed by atoms with Crippen LogP contribution in [0.25, 0.3) is 0 Å². The fraction of sp³-hybridized carbons (Fsp3) is 0.400. The van der Waals surface area contributed by atoms with E-state index in [0.29, 0.717) is 17.3 Å². The Morgan fingerprint density at radius 2 is 2.12 bits per heavy atom. The molecule has 0 aliphatic carbocycles. The number of rotatable bonds is 6. The van der Waals surface area contributed by atoms with E-state index in [-0.39, 0.29) is 12.0 Å². The number of hydrogen-bond donors (Lipinski definition) is 1. The Balaban J connectivity index is 2.12. The van der Waals surface area contributed by atoms with Gasteiger partial charge in [0.15, 0.2) is 0 Å².